The number of nitrogens with zero attached hydrogens (tertiary/aromatic N) is 1. The number of para-hydroxylation sites is 1. The van der Waals surface area contributed by atoms with Crippen molar-refractivity contribution in [2.24, 2.45) is 0 Å². The Balaban J connectivity index is 0.000000645. The van der Waals surface area contributed by atoms with E-state index in [0.717, 1.165) is 0 Å². The van der Waals surface area contributed by atoms with Gasteiger partial charge >= 0.3 is 0 Å². The summed E-state index contributed by atoms with van der Waals surface area (Å²) in [5.74, 6) is 0. The van der Waals surface area contributed by atoms with Gasteiger partial charge in [-0.2, -0.15) is 0 Å². The van der Waals surface area contributed by atoms with Crippen LogP contribution in [0, 0.1) is 0 Å². The number of benzene rings is 3. The molecule has 2 heterocycles. The Hall–Kier alpha value is -3.06. The minimum atomic E-state index is -0.00430. The van der Waals surface area contributed by atoms with E-state index in [1.165, 1.54) is 49.8 Å². The number of allylic oxidation sites excluding steroid dienone is 3. The maximum absolute atomic E-state index is 4.13. The summed E-state index contributed by atoms with van der Waals surface area (Å²) in [5, 5.41) is 2.62. The third-order valence-electron chi connectivity index (χ3n) is 6.32. The molecule has 5 rings (SSSR count). The molecule has 0 amide bonds. The molecule has 1 aromatic heterocycles. The van der Waals surface area contributed by atoms with Crippen molar-refractivity contribution in [3.05, 3.63) is 90.5 Å². The van der Waals surface area contributed by atoms with Gasteiger partial charge in [0.1, 0.15) is 0 Å². The molecule has 0 aliphatic carbocycles. The van der Waals surface area contributed by atoms with Crippen LogP contribution in [0.15, 0.2) is 85.0 Å². The molecule has 1 aliphatic rings. The number of aromatic nitrogens is 1. The fourth-order valence-electron chi connectivity index (χ4n) is 4.57. The first kappa shape index (κ1) is 22.6. The van der Waals surface area contributed by atoms with Gasteiger partial charge in [-0.25, -0.2) is 0 Å². The third-order valence-corrected chi connectivity index (χ3v) is 6.32. The molecule has 1 nitrogen and oxygen atoms in total. The standard InChI is InChI=1S/C26H23N.2C2H6/c1-5-23-17(2)26(3,4)22-13-9-12-20-21-16-19(18-10-7-6-8-11-18)14-15-24(21)27(23)25(20)22;2*1-2/h5-16H,1H2,2-4H3;2*1-2H3. The molecular weight excluding hydrogens is 374 g/mol. The molecule has 0 saturated carbocycles. The number of hydrogen-bond acceptors (Lipinski definition) is 0. The lowest BCUT2D eigenvalue weighted by molar-refractivity contribution is 0.619. The van der Waals surface area contributed by atoms with E-state index in [9.17, 15) is 0 Å². The first-order valence-corrected chi connectivity index (χ1v) is 11.5. The van der Waals surface area contributed by atoms with Crippen LogP contribution in [0.1, 0.15) is 54.0 Å². The second kappa shape index (κ2) is 8.98. The summed E-state index contributed by atoms with van der Waals surface area (Å²) in [6.07, 6.45) is 2.01. The zero-order valence-corrected chi connectivity index (χ0v) is 20.1. The average Bonchev–Trinajstić information content (AvgIpc) is 3.16. The smallest absolute Gasteiger partial charge is 0.0581 e. The van der Waals surface area contributed by atoms with Crippen LogP contribution in [-0.2, 0) is 5.41 Å². The van der Waals surface area contributed by atoms with Gasteiger partial charge in [0.25, 0.3) is 0 Å². The SMILES string of the molecule is C=CC1=C(C)C(C)(C)c2cccc3c4cc(-c5ccccc5)ccc4n1c23.CC.CC. The van der Waals surface area contributed by atoms with Gasteiger partial charge in [-0.15, -0.1) is 0 Å². The summed E-state index contributed by atoms with van der Waals surface area (Å²) < 4.78 is 2.41. The van der Waals surface area contributed by atoms with Crippen molar-refractivity contribution < 1.29 is 0 Å². The largest absolute Gasteiger partial charge is 0.309 e. The van der Waals surface area contributed by atoms with E-state index >= 15 is 0 Å². The van der Waals surface area contributed by atoms with Crippen LogP contribution in [0.5, 0.6) is 0 Å². The Bertz CT molecular complexity index is 1250. The fourth-order valence-corrected chi connectivity index (χ4v) is 4.57. The van der Waals surface area contributed by atoms with Crippen LogP contribution in [0.4, 0.5) is 0 Å². The minimum Gasteiger partial charge on any atom is -0.309 e. The fraction of sp³-hybridized carbons (Fsp3) is 0.267. The van der Waals surface area contributed by atoms with Crippen LogP contribution in [0.2, 0.25) is 0 Å². The topological polar surface area (TPSA) is 4.93 Å². The maximum Gasteiger partial charge on any atom is 0.0581 e. The maximum atomic E-state index is 4.13. The van der Waals surface area contributed by atoms with E-state index in [1.54, 1.807) is 0 Å². The molecule has 0 spiro atoms. The van der Waals surface area contributed by atoms with Crippen LogP contribution in [-0.4, -0.2) is 4.57 Å². The monoisotopic (exact) mass is 409 g/mol. The van der Waals surface area contributed by atoms with Crippen molar-refractivity contribution >= 4 is 27.5 Å². The molecular formula is C30H35N. The van der Waals surface area contributed by atoms with Crippen molar-refractivity contribution in [2.45, 2.75) is 53.9 Å². The molecule has 4 aromatic rings. The summed E-state index contributed by atoms with van der Waals surface area (Å²) in [6, 6.07) is 24.2. The highest BCUT2D eigenvalue weighted by Gasteiger charge is 2.33. The summed E-state index contributed by atoms with van der Waals surface area (Å²) >= 11 is 0. The first-order valence-electron chi connectivity index (χ1n) is 11.5. The second-order valence-electron chi connectivity index (χ2n) is 7.97. The van der Waals surface area contributed by atoms with Crippen molar-refractivity contribution in [2.75, 3.05) is 0 Å². The second-order valence-corrected chi connectivity index (χ2v) is 7.97. The summed E-state index contributed by atoms with van der Waals surface area (Å²) in [7, 11) is 0. The predicted molar refractivity (Wildman–Crippen MR) is 140 cm³/mol. The Morgan fingerprint density at radius 2 is 1.45 bits per heavy atom. The quantitative estimate of drug-likeness (QED) is 0.311. The molecule has 160 valence electrons. The lowest BCUT2D eigenvalue weighted by Gasteiger charge is -2.34. The summed E-state index contributed by atoms with van der Waals surface area (Å²) in [5.41, 5.74) is 9.04. The molecule has 0 N–H and O–H groups in total. The van der Waals surface area contributed by atoms with Gasteiger partial charge in [-0.3, -0.25) is 0 Å². The van der Waals surface area contributed by atoms with Gasteiger partial charge in [0.15, 0.2) is 0 Å². The lowest BCUT2D eigenvalue weighted by Crippen LogP contribution is -2.25. The van der Waals surface area contributed by atoms with E-state index in [4.69, 9.17) is 0 Å². The third kappa shape index (κ3) is 3.43. The molecule has 0 fully saturated rings. The van der Waals surface area contributed by atoms with Gasteiger partial charge in [0, 0.05) is 21.9 Å². The Morgan fingerprint density at radius 1 is 0.774 bits per heavy atom. The molecule has 0 unspecified atom stereocenters. The molecule has 1 aliphatic heterocycles. The van der Waals surface area contributed by atoms with Gasteiger partial charge in [0.05, 0.1) is 11.0 Å². The first-order chi connectivity index (χ1) is 15.0. The van der Waals surface area contributed by atoms with Gasteiger partial charge < -0.3 is 4.57 Å². The Labute approximate surface area is 187 Å². The van der Waals surface area contributed by atoms with Crippen LogP contribution >= 0.6 is 0 Å². The van der Waals surface area contributed by atoms with Crippen molar-refractivity contribution in [1.29, 1.82) is 0 Å². The van der Waals surface area contributed by atoms with Crippen LogP contribution in [0.25, 0.3) is 38.6 Å². The minimum absolute atomic E-state index is 0.00430. The molecule has 0 atom stereocenters. The summed E-state index contributed by atoms with van der Waals surface area (Å²) in [4.78, 5) is 0. The van der Waals surface area contributed by atoms with Crippen LogP contribution in [0.3, 0.4) is 0 Å². The normalized spacial score (nSPS) is 13.9. The highest BCUT2D eigenvalue weighted by Crippen LogP contribution is 2.47. The zero-order valence-electron chi connectivity index (χ0n) is 20.1. The molecule has 3 aromatic carbocycles. The number of hydrogen-bond donors (Lipinski definition) is 0. The van der Waals surface area contributed by atoms with Crippen molar-refractivity contribution in [3.63, 3.8) is 0 Å². The van der Waals surface area contributed by atoms with E-state index in [0.29, 0.717) is 0 Å². The number of fused-ring (bicyclic) bond motifs is 3. The van der Waals surface area contributed by atoms with E-state index in [-0.39, 0.29) is 5.41 Å². The van der Waals surface area contributed by atoms with Gasteiger partial charge in [0.2, 0.25) is 0 Å². The average molecular weight is 410 g/mol. The predicted octanol–water partition coefficient (Wildman–Crippen LogP) is 9.22. The highest BCUT2D eigenvalue weighted by atomic mass is 15.0. The Morgan fingerprint density at radius 3 is 2.10 bits per heavy atom. The summed E-state index contributed by atoms with van der Waals surface area (Å²) in [6.45, 7) is 19.0. The van der Waals surface area contributed by atoms with Crippen molar-refractivity contribution in [1.82, 2.24) is 4.57 Å². The van der Waals surface area contributed by atoms with Crippen LogP contribution < -0.4 is 0 Å². The van der Waals surface area contributed by atoms with Crippen molar-refractivity contribution in [3.8, 4) is 11.1 Å². The van der Waals surface area contributed by atoms with Gasteiger partial charge in [-0.05, 0) is 47.4 Å². The highest BCUT2D eigenvalue weighted by molar-refractivity contribution is 6.13. The van der Waals surface area contributed by atoms with E-state index in [1.807, 2.05) is 33.8 Å². The number of rotatable bonds is 2. The molecule has 0 bridgehead atoms. The molecule has 0 saturated heterocycles. The Kier molecular flexibility index (Phi) is 6.55. The van der Waals surface area contributed by atoms with E-state index in [2.05, 4.69) is 98.6 Å². The van der Waals surface area contributed by atoms with Gasteiger partial charge in [-0.1, -0.05) is 103 Å². The molecule has 0 radical (unpaired) electrons. The van der Waals surface area contributed by atoms with E-state index < -0.39 is 0 Å². The lowest BCUT2D eigenvalue weighted by atomic mass is 9.75. The molecule has 1 heteroatoms. The zero-order chi connectivity index (χ0) is 22.8. The molecule has 31 heavy (non-hydrogen) atoms.